The molecule has 0 spiro atoms. The van der Waals surface area contributed by atoms with Gasteiger partial charge in [0.15, 0.2) is 0 Å². The lowest BCUT2D eigenvalue weighted by Crippen LogP contribution is -2.15. The Kier molecular flexibility index (Phi) is 2.61. The summed E-state index contributed by atoms with van der Waals surface area (Å²) in [6, 6.07) is 2.27. The Morgan fingerprint density at radius 1 is 1.57 bits per heavy atom. The van der Waals surface area contributed by atoms with Crippen LogP contribution in [-0.2, 0) is 16.6 Å². The first-order valence-corrected chi connectivity index (χ1v) is 6.82. The fourth-order valence-electron chi connectivity index (χ4n) is 1.14. The van der Waals surface area contributed by atoms with Gasteiger partial charge in [0.1, 0.15) is 4.21 Å². The molecule has 1 heterocycles. The summed E-state index contributed by atoms with van der Waals surface area (Å²) in [6.07, 6.45) is 2.46. The number of sulfonamides is 1. The Morgan fingerprint density at radius 2 is 2.29 bits per heavy atom. The minimum absolute atomic E-state index is 0.241. The molecule has 0 amide bonds. The summed E-state index contributed by atoms with van der Waals surface area (Å²) in [5, 5.41) is 10.1. The molecule has 6 heteroatoms. The lowest BCUT2D eigenvalue weighted by molar-refractivity contribution is 0.599. The Hall–Kier alpha value is -0.430. The maximum absolute atomic E-state index is 11.0. The van der Waals surface area contributed by atoms with Gasteiger partial charge in [-0.2, -0.15) is 0 Å². The van der Waals surface area contributed by atoms with Crippen LogP contribution in [0.3, 0.4) is 0 Å². The van der Waals surface area contributed by atoms with Gasteiger partial charge in [0.25, 0.3) is 0 Å². The van der Waals surface area contributed by atoms with Crippen LogP contribution in [0.2, 0.25) is 0 Å². The Bertz CT molecular complexity index is 420. The van der Waals surface area contributed by atoms with Crippen molar-refractivity contribution in [2.75, 3.05) is 0 Å². The van der Waals surface area contributed by atoms with Crippen LogP contribution >= 0.6 is 11.3 Å². The number of hydrogen-bond acceptors (Lipinski definition) is 4. The summed E-state index contributed by atoms with van der Waals surface area (Å²) >= 11 is 1.18. The lowest BCUT2D eigenvalue weighted by Gasteiger charge is -1.97. The zero-order chi connectivity index (χ0) is 10.2. The molecule has 2 rings (SSSR count). The van der Waals surface area contributed by atoms with E-state index in [2.05, 4.69) is 5.32 Å². The third kappa shape index (κ3) is 2.54. The highest BCUT2D eigenvalue weighted by molar-refractivity contribution is 7.91. The maximum Gasteiger partial charge on any atom is 0.247 e. The minimum atomic E-state index is -3.51. The molecule has 0 aliphatic heterocycles. The van der Waals surface area contributed by atoms with Crippen LogP contribution in [0.25, 0.3) is 0 Å². The van der Waals surface area contributed by atoms with Crippen LogP contribution in [0.1, 0.15) is 18.4 Å². The average Bonchev–Trinajstić information content (AvgIpc) is 2.77. The van der Waals surface area contributed by atoms with Gasteiger partial charge >= 0.3 is 0 Å². The summed E-state index contributed by atoms with van der Waals surface area (Å²) < 4.78 is 22.2. The number of primary sulfonamides is 1. The van der Waals surface area contributed by atoms with Crippen LogP contribution in [0, 0.1) is 0 Å². The number of thiophene rings is 1. The van der Waals surface area contributed by atoms with E-state index in [0.29, 0.717) is 6.04 Å². The van der Waals surface area contributed by atoms with Crippen LogP contribution in [-0.4, -0.2) is 14.5 Å². The summed E-state index contributed by atoms with van der Waals surface area (Å²) in [7, 11) is -3.51. The van der Waals surface area contributed by atoms with Crippen molar-refractivity contribution >= 4 is 21.4 Å². The molecule has 0 radical (unpaired) electrons. The quantitative estimate of drug-likeness (QED) is 0.800. The molecular formula is C8H12N2O2S2. The average molecular weight is 232 g/mol. The maximum atomic E-state index is 11.0. The molecule has 1 aliphatic rings. The van der Waals surface area contributed by atoms with Crippen molar-refractivity contribution in [3.05, 3.63) is 17.0 Å². The van der Waals surface area contributed by atoms with Gasteiger partial charge in [-0.3, -0.25) is 0 Å². The van der Waals surface area contributed by atoms with Crippen LogP contribution < -0.4 is 10.5 Å². The number of hydrogen-bond donors (Lipinski definition) is 2. The zero-order valence-electron chi connectivity index (χ0n) is 7.56. The van der Waals surface area contributed by atoms with Crippen molar-refractivity contribution in [3.8, 4) is 0 Å². The normalized spacial score (nSPS) is 17.2. The van der Waals surface area contributed by atoms with Gasteiger partial charge in [0.2, 0.25) is 10.0 Å². The molecule has 0 atom stereocenters. The summed E-state index contributed by atoms with van der Waals surface area (Å²) in [4.78, 5) is 0. The molecule has 1 aromatic heterocycles. The Balaban J connectivity index is 2.01. The number of rotatable bonds is 4. The van der Waals surface area contributed by atoms with Gasteiger partial charge in [-0.15, -0.1) is 11.3 Å². The zero-order valence-corrected chi connectivity index (χ0v) is 9.20. The molecule has 78 valence electrons. The smallest absolute Gasteiger partial charge is 0.247 e. The molecule has 1 fully saturated rings. The van der Waals surface area contributed by atoms with E-state index in [1.807, 2.05) is 5.38 Å². The molecule has 0 aromatic carbocycles. The largest absolute Gasteiger partial charge is 0.310 e. The molecule has 3 N–H and O–H groups in total. The summed E-state index contributed by atoms with van der Waals surface area (Å²) in [5.74, 6) is 0. The monoisotopic (exact) mass is 232 g/mol. The van der Waals surface area contributed by atoms with Crippen molar-refractivity contribution in [3.63, 3.8) is 0 Å². The SMILES string of the molecule is NS(=O)(=O)c1cc(CNC2CC2)cs1. The Morgan fingerprint density at radius 3 is 2.79 bits per heavy atom. The molecule has 0 saturated heterocycles. The van der Waals surface area contributed by atoms with E-state index in [9.17, 15) is 8.42 Å². The molecule has 14 heavy (non-hydrogen) atoms. The lowest BCUT2D eigenvalue weighted by atomic mass is 10.3. The topological polar surface area (TPSA) is 72.2 Å². The van der Waals surface area contributed by atoms with Crippen molar-refractivity contribution in [1.29, 1.82) is 0 Å². The van der Waals surface area contributed by atoms with E-state index >= 15 is 0 Å². The number of nitrogens with two attached hydrogens (primary N) is 1. The van der Waals surface area contributed by atoms with E-state index in [1.54, 1.807) is 6.07 Å². The van der Waals surface area contributed by atoms with Gasteiger partial charge < -0.3 is 5.32 Å². The van der Waals surface area contributed by atoms with Crippen molar-refractivity contribution < 1.29 is 8.42 Å². The fraction of sp³-hybridized carbons (Fsp3) is 0.500. The highest BCUT2D eigenvalue weighted by atomic mass is 32.2. The predicted molar refractivity (Wildman–Crippen MR) is 55.6 cm³/mol. The molecule has 0 bridgehead atoms. The van der Waals surface area contributed by atoms with Gasteiger partial charge in [-0.05, 0) is 29.9 Å². The van der Waals surface area contributed by atoms with E-state index in [1.165, 1.54) is 24.2 Å². The highest BCUT2D eigenvalue weighted by Gasteiger charge is 2.20. The van der Waals surface area contributed by atoms with E-state index in [0.717, 1.165) is 12.1 Å². The van der Waals surface area contributed by atoms with Crippen molar-refractivity contribution in [2.45, 2.75) is 29.6 Å². The van der Waals surface area contributed by atoms with Gasteiger partial charge in [0, 0.05) is 12.6 Å². The first-order chi connectivity index (χ1) is 6.55. The first-order valence-electron chi connectivity index (χ1n) is 4.39. The summed E-state index contributed by atoms with van der Waals surface area (Å²) in [6.45, 7) is 0.733. The molecule has 1 saturated carbocycles. The van der Waals surface area contributed by atoms with Crippen LogP contribution in [0.4, 0.5) is 0 Å². The number of nitrogens with one attached hydrogen (secondary N) is 1. The second-order valence-electron chi connectivity index (χ2n) is 3.47. The second kappa shape index (κ2) is 3.62. The first kappa shape index (κ1) is 10.1. The Labute approximate surface area is 87.2 Å². The fourth-order valence-corrected chi connectivity index (χ4v) is 2.78. The van der Waals surface area contributed by atoms with Crippen LogP contribution in [0.5, 0.6) is 0 Å². The second-order valence-corrected chi connectivity index (χ2v) is 6.17. The van der Waals surface area contributed by atoms with E-state index < -0.39 is 10.0 Å². The molecule has 1 aliphatic carbocycles. The van der Waals surface area contributed by atoms with Gasteiger partial charge in [0.05, 0.1) is 0 Å². The van der Waals surface area contributed by atoms with Crippen molar-refractivity contribution in [1.82, 2.24) is 5.32 Å². The molecule has 0 unspecified atom stereocenters. The third-order valence-corrected chi connectivity index (χ3v) is 4.52. The summed E-state index contributed by atoms with van der Waals surface area (Å²) in [5.41, 5.74) is 0.992. The molecule has 4 nitrogen and oxygen atoms in total. The van der Waals surface area contributed by atoms with Gasteiger partial charge in [-0.1, -0.05) is 0 Å². The predicted octanol–water partition coefficient (Wildman–Crippen LogP) is 0.648. The minimum Gasteiger partial charge on any atom is -0.310 e. The van der Waals surface area contributed by atoms with E-state index in [-0.39, 0.29) is 4.21 Å². The third-order valence-electron chi connectivity index (χ3n) is 2.08. The molecule has 1 aromatic rings. The van der Waals surface area contributed by atoms with Crippen molar-refractivity contribution in [2.24, 2.45) is 5.14 Å². The van der Waals surface area contributed by atoms with E-state index in [4.69, 9.17) is 5.14 Å². The highest BCUT2D eigenvalue weighted by Crippen LogP contribution is 2.22. The van der Waals surface area contributed by atoms with Crippen LogP contribution in [0.15, 0.2) is 15.7 Å². The standard InChI is InChI=1S/C8H12N2O2S2/c9-14(11,12)8-3-6(5-13-8)4-10-7-1-2-7/h3,5,7,10H,1-2,4H2,(H2,9,11,12). The van der Waals surface area contributed by atoms with Gasteiger partial charge in [-0.25, -0.2) is 13.6 Å². The molecular weight excluding hydrogens is 220 g/mol.